The van der Waals surface area contributed by atoms with Crippen LogP contribution in [-0.2, 0) is 20.1 Å². The fourth-order valence-corrected chi connectivity index (χ4v) is 3.78. The number of aryl methyl sites for hydroxylation is 1. The van der Waals surface area contributed by atoms with Gasteiger partial charge in [-0.05, 0) is 30.7 Å². The number of nitrogens with zero attached hydrogens (tertiary/aromatic N) is 5. The fraction of sp³-hybridized carbons (Fsp3) is 0.273. The van der Waals surface area contributed by atoms with Gasteiger partial charge >= 0.3 is 12.1 Å². The molecule has 0 aliphatic heterocycles. The Morgan fingerprint density at radius 2 is 1.91 bits per heavy atom. The zero-order valence-corrected chi connectivity index (χ0v) is 19.0. The first-order valence-electron chi connectivity index (χ1n) is 10.4. The number of fused-ring (bicyclic) bond motifs is 1. The molecular weight excluding hydrogens is 491 g/mol. The number of rotatable bonds is 7. The van der Waals surface area contributed by atoms with E-state index < -0.39 is 23.4 Å². The van der Waals surface area contributed by atoms with Crippen molar-refractivity contribution in [2.45, 2.75) is 25.9 Å². The predicted molar refractivity (Wildman–Crippen MR) is 121 cm³/mol. The third-order valence-electron chi connectivity index (χ3n) is 5.21. The van der Waals surface area contributed by atoms with Crippen molar-refractivity contribution in [1.82, 2.24) is 23.7 Å². The Morgan fingerprint density at radius 1 is 1.14 bits per heavy atom. The Morgan fingerprint density at radius 3 is 2.57 bits per heavy atom. The van der Waals surface area contributed by atoms with Crippen LogP contribution in [0.1, 0.15) is 12.1 Å². The van der Waals surface area contributed by atoms with Gasteiger partial charge in [-0.2, -0.15) is 0 Å². The van der Waals surface area contributed by atoms with Crippen molar-refractivity contribution in [3.05, 3.63) is 74.1 Å². The van der Waals surface area contributed by atoms with Gasteiger partial charge in [-0.25, -0.2) is 9.78 Å². The lowest BCUT2D eigenvalue weighted by atomic mass is 10.2. The fourth-order valence-electron chi connectivity index (χ4n) is 3.67. The smallest absolute Gasteiger partial charge is 0.406 e. The summed E-state index contributed by atoms with van der Waals surface area (Å²) in [6.07, 6.45) is -3.30. The van der Waals surface area contributed by atoms with Gasteiger partial charge in [0.25, 0.3) is 5.56 Å². The highest BCUT2D eigenvalue weighted by Gasteiger charge is 2.31. The van der Waals surface area contributed by atoms with Gasteiger partial charge in [-0.3, -0.25) is 18.9 Å². The van der Waals surface area contributed by atoms with Gasteiger partial charge in [0, 0.05) is 32.0 Å². The van der Waals surface area contributed by atoms with Gasteiger partial charge in [0.1, 0.15) is 11.6 Å². The molecule has 0 fully saturated rings. The third-order valence-corrected chi connectivity index (χ3v) is 5.43. The molecule has 0 spiro atoms. The number of pyridine rings is 1. The molecule has 0 aliphatic rings. The average Bonchev–Trinajstić information content (AvgIpc) is 3.18. The van der Waals surface area contributed by atoms with E-state index in [4.69, 9.17) is 11.6 Å². The second-order valence-corrected chi connectivity index (χ2v) is 8.05. The standard InChI is InChI=1S/C22H19ClF3N5O4/c1-29-19-17(20(33)30(21(29)34)8-3-9-32)31(12-15-7-6-14(23)11-27-15)18(28-19)13-4-2-5-16(10-13)35-22(24,25)26/h2,4-7,10-11,32H,3,8-9,12H2,1H3. The Kier molecular flexibility index (Phi) is 6.68. The summed E-state index contributed by atoms with van der Waals surface area (Å²) in [6.45, 7) is -0.230. The number of halogens is 4. The van der Waals surface area contributed by atoms with E-state index in [1.165, 1.54) is 34.5 Å². The lowest BCUT2D eigenvalue weighted by Crippen LogP contribution is -2.40. The molecule has 1 aromatic carbocycles. The molecule has 0 radical (unpaired) electrons. The highest BCUT2D eigenvalue weighted by atomic mass is 35.5. The molecule has 184 valence electrons. The topological polar surface area (TPSA) is 104 Å². The second kappa shape index (κ2) is 9.55. The Balaban J connectivity index is 1.98. The van der Waals surface area contributed by atoms with E-state index in [-0.39, 0.29) is 48.7 Å². The molecule has 0 saturated carbocycles. The number of hydrogen-bond donors (Lipinski definition) is 1. The summed E-state index contributed by atoms with van der Waals surface area (Å²) in [5.41, 5.74) is -0.457. The molecule has 3 aromatic heterocycles. The van der Waals surface area contributed by atoms with E-state index in [0.717, 1.165) is 16.7 Å². The highest BCUT2D eigenvalue weighted by molar-refractivity contribution is 6.30. The number of alkyl halides is 3. The first kappa shape index (κ1) is 24.5. The highest BCUT2D eigenvalue weighted by Crippen LogP contribution is 2.29. The van der Waals surface area contributed by atoms with Gasteiger partial charge in [0.15, 0.2) is 11.2 Å². The van der Waals surface area contributed by atoms with Crippen LogP contribution in [0.2, 0.25) is 5.02 Å². The van der Waals surface area contributed by atoms with Crippen LogP contribution in [-0.4, -0.2) is 41.7 Å². The summed E-state index contributed by atoms with van der Waals surface area (Å²) in [5, 5.41) is 9.57. The van der Waals surface area contributed by atoms with Crippen LogP contribution in [0.4, 0.5) is 13.2 Å². The van der Waals surface area contributed by atoms with Gasteiger partial charge in [0.05, 0.1) is 17.3 Å². The minimum Gasteiger partial charge on any atom is -0.406 e. The molecule has 1 N–H and O–H groups in total. The molecular formula is C22H19ClF3N5O4. The zero-order valence-electron chi connectivity index (χ0n) is 18.3. The van der Waals surface area contributed by atoms with Crippen molar-refractivity contribution in [1.29, 1.82) is 0 Å². The molecule has 0 unspecified atom stereocenters. The molecule has 0 amide bonds. The Bertz CT molecular complexity index is 1490. The average molecular weight is 510 g/mol. The van der Waals surface area contributed by atoms with Crippen LogP contribution < -0.4 is 16.0 Å². The van der Waals surface area contributed by atoms with Crippen LogP contribution >= 0.6 is 11.6 Å². The maximum absolute atomic E-state index is 13.4. The van der Waals surface area contributed by atoms with Crippen LogP contribution in [0.25, 0.3) is 22.6 Å². The van der Waals surface area contributed by atoms with Gasteiger partial charge < -0.3 is 14.4 Å². The number of hydrogen-bond acceptors (Lipinski definition) is 6. The van der Waals surface area contributed by atoms with E-state index in [1.54, 1.807) is 12.1 Å². The molecule has 13 heteroatoms. The minimum absolute atomic E-state index is 0.0147. The summed E-state index contributed by atoms with van der Waals surface area (Å²) < 4.78 is 46.0. The molecule has 4 aromatic rings. The van der Waals surface area contributed by atoms with E-state index in [2.05, 4.69) is 14.7 Å². The minimum atomic E-state index is -4.89. The number of aliphatic hydroxyl groups excluding tert-OH is 1. The molecule has 4 rings (SSSR count). The molecule has 0 atom stereocenters. The lowest BCUT2D eigenvalue weighted by molar-refractivity contribution is -0.274. The van der Waals surface area contributed by atoms with E-state index in [0.29, 0.717) is 10.7 Å². The van der Waals surface area contributed by atoms with Crippen LogP contribution in [0.3, 0.4) is 0 Å². The van der Waals surface area contributed by atoms with E-state index in [1.807, 2.05) is 0 Å². The predicted octanol–water partition coefficient (Wildman–Crippen LogP) is 2.94. The number of ether oxygens (including phenoxy) is 1. The summed E-state index contributed by atoms with van der Waals surface area (Å²) in [5.74, 6) is -0.330. The Labute approximate surface area is 200 Å². The third kappa shape index (κ3) is 5.08. The first-order chi connectivity index (χ1) is 16.6. The van der Waals surface area contributed by atoms with Crippen molar-refractivity contribution in [3.8, 4) is 17.1 Å². The van der Waals surface area contributed by atoms with E-state index >= 15 is 0 Å². The van der Waals surface area contributed by atoms with Crippen LogP contribution in [0, 0.1) is 0 Å². The van der Waals surface area contributed by atoms with Gasteiger partial charge in [-0.15, -0.1) is 13.2 Å². The van der Waals surface area contributed by atoms with Crippen LogP contribution in [0.5, 0.6) is 5.75 Å². The molecule has 0 bridgehead atoms. The number of benzene rings is 1. The van der Waals surface area contributed by atoms with Crippen molar-refractivity contribution < 1.29 is 23.0 Å². The largest absolute Gasteiger partial charge is 0.573 e. The first-order valence-corrected chi connectivity index (χ1v) is 10.7. The summed E-state index contributed by atoms with van der Waals surface area (Å²) >= 11 is 5.92. The normalized spacial score (nSPS) is 11.8. The quantitative estimate of drug-likeness (QED) is 0.411. The second-order valence-electron chi connectivity index (χ2n) is 7.61. The summed E-state index contributed by atoms with van der Waals surface area (Å²) in [7, 11) is 1.43. The molecule has 0 saturated heterocycles. The number of aliphatic hydroxyl groups is 1. The van der Waals surface area contributed by atoms with Crippen LogP contribution in [0.15, 0.2) is 52.2 Å². The summed E-state index contributed by atoms with van der Waals surface area (Å²) in [6, 6.07) is 8.40. The summed E-state index contributed by atoms with van der Waals surface area (Å²) in [4.78, 5) is 34.8. The monoisotopic (exact) mass is 509 g/mol. The maximum atomic E-state index is 13.4. The molecule has 35 heavy (non-hydrogen) atoms. The lowest BCUT2D eigenvalue weighted by Gasteiger charge is -2.12. The molecule has 3 heterocycles. The van der Waals surface area contributed by atoms with Crippen molar-refractivity contribution >= 4 is 22.8 Å². The number of aromatic nitrogens is 5. The number of imidazole rings is 1. The molecule has 0 aliphatic carbocycles. The zero-order chi connectivity index (χ0) is 25.3. The Hall–Kier alpha value is -3.64. The van der Waals surface area contributed by atoms with Crippen molar-refractivity contribution in [2.75, 3.05) is 6.61 Å². The molecule has 9 nitrogen and oxygen atoms in total. The van der Waals surface area contributed by atoms with Gasteiger partial charge in [-0.1, -0.05) is 23.7 Å². The SMILES string of the molecule is Cn1c(=O)n(CCCO)c(=O)c2c1nc(-c1cccc(OC(F)(F)F)c1)n2Cc1ccc(Cl)cn1. The van der Waals surface area contributed by atoms with E-state index in [9.17, 15) is 27.9 Å². The van der Waals surface area contributed by atoms with Crippen molar-refractivity contribution in [2.24, 2.45) is 7.05 Å². The van der Waals surface area contributed by atoms with Gasteiger partial charge in [0.2, 0.25) is 0 Å². The van der Waals surface area contributed by atoms with Crippen molar-refractivity contribution in [3.63, 3.8) is 0 Å². The maximum Gasteiger partial charge on any atom is 0.573 e.